The predicted molar refractivity (Wildman–Crippen MR) is 70.2 cm³/mol. The third-order valence-electron chi connectivity index (χ3n) is 2.95. The molecule has 0 spiro atoms. The van der Waals surface area contributed by atoms with E-state index in [4.69, 9.17) is 0 Å². The first-order valence-electron chi connectivity index (χ1n) is 6.25. The monoisotopic (exact) mass is 333 g/mol. The van der Waals surface area contributed by atoms with Gasteiger partial charge in [0.25, 0.3) is 5.91 Å². The molecular formula is C15H9F6NO. The highest BCUT2D eigenvalue weighted by Crippen LogP contribution is 2.36. The fourth-order valence-electron chi connectivity index (χ4n) is 2.03. The van der Waals surface area contributed by atoms with Crippen LogP contribution in [-0.2, 0) is 0 Å². The third-order valence-corrected chi connectivity index (χ3v) is 2.95. The zero-order valence-electron chi connectivity index (χ0n) is 11.3. The number of rotatable bonds is 2. The van der Waals surface area contributed by atoms with Crippen molar-refractivity contribution in [2.45, 2.75) is 12.6 Å². The maximum absolute atomic E-state index is 12.7. The van der Waals surface area contributed by atoms with E-state index in [-0.39, 0.29) is 5.56 Å². The van der Waals surface area contributed by atoms with Gasteiger partial charge >= 0.3 is 12.6 Å². The van der Waals surface area contributed by atoms with Crippen molar-refractivity contribution in [3.63, 3.8) is 0 Å². The van der Waals surface area contributed by atoms with Crippen molar-refractivity contribution >= 4 is 5.91 Å². The molecule has 0 fully saturated rings. The van der Waals surface area contributed by atoms with Gasteiger partial charge in [-0.2, -0.15) is 4.90 Å². The molecule has 2 aromatic rings. The van der Waals surface area contributed by atoms with Crippen molar-refractivity contribution in [3.8, 4) is 11.1 Å². The van der Waals surface area contributed by atoms with Gasteiger partial charge in [0, 0.05) is 5.56 Å². The minimum absolute atomic E-state index is 0.0170. The second-order valence-corrected chi connectivity index (χ2v) is 4.49. The average molecular weight is 333 g/mol. The van der Waals surface area contributed by atoms with Crippen LogP contribution < -0.4 is 0 Å². The van der Waals surface area contributed by atoms with Crippen LogP contribution in [0.3, 0.4) is 0 Å². The lowest BCUT2D eigenvalue weighted by atomic mass is 9.99. The first-order chi connectivity index (χ1) is 10.6. The average Bonchev–Trinajstić information content (AvgIpc) is 2.45. The minimum Gasteiger partial charge on any atom is -0.269 e. The lowest BCUT2D eigenvalue weighted by Gasteiger charge is -2.27. The zero-order chi connectivity index (χ0) is 17.3. The van der Waals surface area contributed by atoms with E-state index in [1.165, 1.54) is 30.3 Å². The van der Waals surface area contributed by atoms with Gasteiger partial charge in [-0.05, 0) is 17.2 Å². The Bertz CT molecular complexity index is 679. The molecule has 0 N–H and O–H groups in total. The lowest BCUT2D eigenvalue weighted by molar-refractivity contribution is -0.348. The molecule has 2 nitrogen and oxygen atoms in total. The first-order valence-corrected chi connectivity index (χ1v) is 6.25. The van der Waals surface area contributed by atoms with Crippen LogP contribution in [0.2, 0.25) is 0 Å². The summed E-state index contributed by atoms with van der Waals surface area (Å²) in [6, 6.07) is 12.5. The van der Waals surface area contributed by atoms with Gasteiger partial charge in [0.1, 0.15) is 0 Å². The Balaban J connectivity index is 2.56. The van der Waals surface area contributed by atoms with Crippen LogP contribution in [0.25, 0.3) is 11.1 Å². The second kappa shape index (κ2) is 5.94. The lowest BCUT2D eigenvalue weighted by Crippen LogP contribution is -2.51. The van der Waals surface area contributed by atoms with Crippen LogP contribution in [-0.4, -0.2) is 23.4 Å². The molecule has 0 aromatic heterocycles. The van der Waals surface area contributed by atoms with Crippen molar-refractivity contribution in [2.75, 3.05) is 0 Å². The zero-order valence-corrected chi connectivity index (χ0v) is 11.3. The van der Waals surface area contributed by atoms with Crippen molar-refractivity contribution in [2.24, 2.45) is 0 Å². The Morgan fingerprint density at radius 1 is 0.739 bits per heavy atom. The van der Waals surface area contributed by atoms with Gasteiger partial charge in [-0.15, -0.1) is 26.3 Å². The number of hydrogen-bond acceptors (Lipinski definition) is 1. The van der Waals surface area contributed by atoms with Gasteiger partial charge in [-0.1, -0.05) is 48.5 Å². The number of carbonyl (C=O) groups is 1. The van der Waals surface area contributed by atoms with E-state index in [0.717, 1.165) is 6.07 Å². The molecule has 0 radical (unpaired) electrons. The molecule has 1 amide bonds. The van der Waals surface area contributed by atoms with E-state index in [0.29, 0.717) is 5.56 Å². The van der Waals surface area contributed by atoms with Crippen LogP contribution >= 0.6 is 0 Å². The van der Waals surface area contributed by atoms with Crippen LogP contribution in [0.1, 0.15) is 10.4 Å². The van der Waals surface area contributed by atoms with E-state index < -0.39 is 29.0 Å². The predicted octanol–water partition coefficient (Wildman–Crippen LogP) is 4.84. The SMILES string of the molecule is O=C(c1ccccc1-c1ccccc1)N(C(F)(F)F)C(F)(F)F. The molecule has 8 heteroatoms. The Morgan fingerprint density at radius 3 is 1.74 bits per heavy atom. The van der Waals surface area contributed by atoms with Gasteiger partial charge in [0.05, 0.1) is 0 Å². The molecule has 0 aliphatic carbocycles. The number of halogens is 6. The number of nitrogens with zero attached hydrogens (tertiary/aromatic N) is 1. The molecule has 0 saturated carbocycles. The van der Waals surface area contributed by atoms with Gasteiger partial charge in [-0.25, -0.2) is 0 Å². The Kier molecular flexibility index (Phi) is 4.35. The van der Waals surface area contributed by atoms with Gasteiger partial charge < -0.3 is 0 Å². The molecule has 122 valence electrons. The topological polar surface area (TPSA) is 20.3 Å². The number of benzene rings is 2. The van der Waals surface area contributed by atoms with Crippen LogP contribution in [0.5, 0.6) is 0 Å². The van der Waals surface area contributed by atoms with Crippen molar-refractivity contribution in [3.05, 3.63) is 60.2 Å². The second-order valence-electron chi connectivity index (χ2n) is 4.49. The summed E-state index contributed by atoms with van der Waals surface area (Å²) in [5, 5.41) is 0. The highest BCUT2D eigenvalue weighted by molar-refractivity contribution is 6.01. The Labute approximate surface area is 126 Å². The molecule has 2 aromatic carbocycles. The summed E-state index contributed by atoms with van der Waals surface area (Å²) in [5.41, 5.74) is -0.370. The highest BCUT2D eigenvalue weighted by atomic mass is 19.4. The summed E-state index contributed by atoms with van der Waals surface area (Å²) in [5.74, 6) is -2.18. The fraction of sp³-hybridized carbons (Fsp3) is 0.133. The summed E-state index contributed by atoms with van der Waals surface area (Å²) in [6.07, 6.45) is -11.8. The van der Waals surface area contributed by atoms with Crippen molar-refractivity contribution in [1.29, 1.82) is 0 Å². The fourth-order valence-corrected chi connectivity index (χ4v) is 2.03. The van der Waals surface area contributed by atoms with E-state index in [2.05, 4.69) is 0 Å². The Morgan fingerprint density at radius 2 is 1.22 bits per heavy atom. The largest absolute Gasteiger partial charge is 0.494 e. The maximum Gasteiger partial charge on any atom is 0.494 e. The molecule has 2 rings (SSSR count). The molecule has 0 bridgehead atoms. The molecule has 0 heterocycles. The summed E-state index contributed by atoms with van der Waals surface area (Å²) in [6.45, 7) is 0. The summed E-state index contributed by atoms with van der Waals surface area (Å²) < 4.78 is 76.0. The van der Waals surface area contributed by atoms with E-state index in [9.17, 15) is 31.1 Å². The molecule has 0 unspecified atom stereocenters. The van der Waals surface area contributed by atoms with Gasteiger partial charge in [-0.3, -0.25) is 4.79 Å². The van der Waals surface area contributed by atoms with Crippen LogP contribution in [0, 0.1) is 0 Å². The smallest absolute Gasteiger partial charge is 0.269 e. The summed E-state index contributed by atoms with van der Waals surface area (Å²) in [4.78, 5) is 9.89. The number of carbonyl (C=O) groups excluding carboxylic acids is 1. The standard InChI is InChI=1S/C15H9F6NO/c16-14(17,18)22(15(19,20)21)13(23)12-9-5-4-8-11(12)10-6-2-1-3-7-10/h1-9H. The van der Waals surface area contributed by atoms with E-state index in [1.807, 2.05) is 0 Å². The third kappa shape index (κ3) is 3.64. The number of hydrogen-bond donors (Lipinski definition) is 0. The molecule has 0 atom stereocenters. The Hall–Kier alpha value is -2.51. The quantitative estimate of drug-likeness (QED) is 0.569. The summed E-state index contributed by atoms with van der Waals surface area (Å²) >= 11 is 0. The minimum atomic E-state index is -5.88. The number of alkyl halides is 6. The van der Waals surface area contributed by atoms with Gasteiger partial charge in [0.2, 0.25) is 0 Å². The van der Waals surface area contributed by atoms with Crippen molar-refractivity contribution in [1.82, 2.24) is 4.90 Å². The van der Waals surface area contributed by atoms with E-state index in [1.54, 1.807) is 18.2 Å². The molecule has 0 aliphatic heterocycles. The highest BCUT2D eigenvalue weighted by Gasteiger charge is 2.57. The molecule has 0 aliphatic rings. The van der Waals surface area contributed by atoms with Crippen LogP contribution in [0.15, 0.2) is 54.6 Å². The maximum atomic E-state index is 12.7. The van der Waals surface area contributed by atoms with Crippen LogP contribution in [0.4, 0.5) is 26.3 Å². The van der Waals surface area contributed by atoms with Crippen molar-refractivity contribution < 1.29 is 31.1 Å². The van der Waals surface area contributed by atoms with E-state index >= 15 is 0 Å². The molecule has 23 heavy (non-hydrogen) atoms. The number of amides is 1. The van der Waals surface area contributed by atoms with Gasteiger partial charge in [0.15, 0.2) is 0 Å². The first kappa shape index (κ1) is 16.9. The molecule has 0 saturated heterocycles. The summed E-state index contributed by atoms with van der Waals surface area (Å²) in [7, 11) is 0. The normalized spacial score (nSPS) is 12.1. The molecular weight excluding hydrogens is 324 g/mol.